The molecule has 1 rings (SSSR count). The highest BCUT2D eigenvalue weighted by Gasteiger charge is 2.23. The van der Waals surface area contributed by atoms with Crippen LogP contribution in [-0.2, 0) is 5.60 Å². The molecule has 1 aromatic heterocycles. The molecule has 0 saturated carbocycles. The molecule has 0 spiro atoms. The fourth-order valence-electron chi connectivity index (χ4n) is 1.52. The van der Waals surface area contributed by atoms with Crippen LogP contribution in [-0.4, -0.2) is 30.3 Å². The number of hydrogen-bond donors (Lipinski definition) is 2. The van der Waals surface area contributed by atoms with E-state index >= 15 is 0 Å². The van der Waals surface area contributed by atoms with Crippen molar-refractivity contribution >= 4 is 0 Å². The first kappa shape index (κ1) is 13.9. The van der Waals surface area contributed by atoms with E-state index in [4.69, 9.17) is 4.74 Å². The SMILES string of the molecule is CCCOc1cncc(C(C)(O)CCNC)c1. The van der Waals surface area contributed by atoms with E-state index in [2.05, 4.69) is 17.2 Å². The number of nitrogens with zero attached hydrogens (tertiary/aromatic N) is 1. The number of rotatable bonds is 7. The summed E-state index contributed by atoms with van der Waals surface area (Å²) in [7, 11) is 1.87. The molecule has 0 fully saturated rings. The molecule has 0 aliphatic rings. The number of aromatic nitrogens is 1. The van der Waals surface area contributed by atoms with Gasteiger partial charge in [0, 0.05) is 11.8 Å². The summed E-state index contributed by atoms with van der Waals surface area (Å²) >= 11 is 0. The van der Waals surface area contributed by atoms with E-state index in [0.717, 1.165) is 18.5 Å². The normalized spacial score (nSPS) is 14.4. The van der Waals surface area contributed by atoms with Crippen molar-refractivity contribution in [1.82, 2.24) is 10.3 Å². The Balaban J connectivity index is 2.75. The zero-order valence-corrected chi connectivity index (χ0v) is 10.9. The zero-order chi connectivity index (χ0) is 12.7. The molecule has 17 heavy (non-hydrogen) atoms. The van der Waals surface area contributed by atoms with Crippen LogP contribution in [0.5, 0.6) is 5.75 Å². The Morgan fingerprint density at radius 1 is 1.47 bits per heavy atom. The summed E-state index contributed by atoms with van der Waals surface area (Å²) in [5, 5.41) is 13.4. The molecule has 1 unspecified atom stereocenters. The van der Waals surface area contributed by atoms with Gasteiger partial charge in [-0.1, -0.05) is 6.92 Å². The molecule has 2 N–H and O–H groups in total. The molecule has 0 bridgehead atoms. The lowest BCUT2D eigenvalue weighted by Crippen LogP contribution is -2.26. The van der Waals surface area contributed by atoms with Crippen molar-refractivity contribution < 1.29 is 9.84 Å². The number of nitrogens with one attached hydrogen (secondary N) is 1. The molecule has 0 amide bonds. The van der Waals surface area contributed by atoms with E-state index < -0.39 is 5.60 Å². The summed E-state index contributed by atoms with van der Waals surface area (Å²) < 4.78 is 5.51. The summed E-state index contributed by atoms with van der Waals surface area (Å²) in [6, 6.07) is 1.86. The molecule has 0 aliphatic carbocycles. The Kier molecular flexibility index (Phi) is 5.38. The van der Waals surface area contributed by atoms with Crippen LogP contribution >= 0.6 is 0 Å². The van der Waals surface area contributed by atoms with Crippen molar-refractivity contribution in [3.8, 4) is 5.75 Å². The minimum absolute atomic E-state index is 0.641. The first-order valence-corrected chi connectivity index (χ1v) is 6.05. The highest BCUT2D eigenvalue weighted by atomic mass is 16.5. The van der Waals surface area contributed by atoms with Gasteiger partial charge in [-0.2, -0.15) is 0 Å². The van der Waals surface area contributed by atoms with Gasteiger partial charge in [0.15, 0.2) is 0 Å². The largest absolute Gasteiger partial charge is 0.492 e. The van der Waals surface area contributed by atoms with E-state index in [1.54, 1.807) is 19.3 Å². The molecule has 0 aliphatic heterocycles. The molecule has 1 atom stereocenters. The van der Waals surface area contributed by atoms with Crippen LogP contribution in [0.2, 0.25) is 0 Å². The predicted octanol–water partition coefficient (Wildman–Crippen LogP) is 1.69. The third kappa shape index (κ3) is 4.32. The van der Waals surface area contributed by atoms with E-state index in [0.29, 0.717) is 18.8 Å². The van der Waals surface area contributed by atoms with E-state index in [-0.39, 0.29) is 0 Å². The van der Waals surface area contributed by atoms with Crippen molar-refractivity contribution in [2.45, 2.75) is 32.3 Å². The van der Waals surface area contributed by atoms with Crippen molar-refractivity contribution in [2.75, 3.05) is 20.2 Å². The van der Waals surface area contributed by atoms with Crippen LogP contribution in [0.3, 0.4) is 0 Å². The molecule has 0 saturated heterocycles. The summed E-state index contributed by atoms with van der Waals surface area (Å²) in [6.07, 6.45) is 4.96. The number of pyridine rings is 1. The van der Waals surface area contributed by atoms with Crippen LogP contribution in [0, 0.1) is 0 Å². The fourth-order valence-corrected chi connectivity index (χ4v) is 1.52. The van der Waals surface area contributed by atoms with Gasteiger partial charge in [0.1, 0.15) is 5.75 Å². The lowest BCUT2D eigenvalue weighted by atomic mass is 9.94. The Morgan fingerprint density at radius 2 is 2.24 bits per heavy atom. The summed E-state index contributed by atoms with van der Waals surface area (Å²) in [5.41, 5.74) is -0.0805. The van der Waals surface area contributed by atoms with Crippen molar-refractivity contribution in [2.24, 2.45) is 0 Å². The van der Waals surface area contributed by atoms with Gasteiger partial charge in [-0.15, -0.1) is 0 Å². The maximum absolute atomic E-state index is 10.3. The molecule has 1 heterocycles. The first-order valence-electron chi connectivity index (χ1n) is 6.05. The Morgan fingerprint density at radius 3 is 2.88 bits per heavy atom. The van der Waals surface area contributed by atoms with Gasteiger partial charge in [-0.05, 0) is 39.4 Å². The molecule has 96 valence electrons. The molecule has 4 heteroatoms. The van der Waals surface area contributed by atoms with E-state index in [9.17, 15) is 5.11 Å². The minimum atomic E-state index is -0.873. The van der Waals surface area contributed by atoms with Crippen molar-refractivity contribution in [3.05, 3.63) is 24.0 Å². The van der Waals surface area contributed by atoms with Crippen molar-refractivity contribution in [3.63, 3.8) is 0 Å². The van der Waals surface area contributed by atoms with Gasteiger partial charge in [-0.3, -0.25) is 4.98 Å². The van der Waals surface area contributed by atoms with Gasteiger partial charge in [-0.25, -0.2) is 0 Å². The topological polar surface area (TPSA) is 54.4 Å². The molecule has 0 aromatic carbocycles. The Bertz CT molecular complexity index is 340. The Labute approximate surface area is 103 Å². The highest BCUT2D eigenvalue weighted by molar-refractivity contribution is 5.27. The lowest BCUT2D eigenvalue weighted by molar-refractivity contribution is 0.0479. The lowest BCUT2D eigenvalue weighted by Gasteiger charge is -2.23. The van der Waals surface area contributed by atoms with Gasteiger partial charge < -0.3 is 15.2 Å². The second-order valence-corrected chi connectivity index (χ2v) is 4.39. The van der Waals surface area contributed by atoms with Crippen LogP contribution in [0.15, 0.2) is 18.5 Å². The quantitative estimate of drug-likeness (QED) is 0.759. The smallest absolute Gasteiger partial charge is 0.137 e. The van der Waals surface area contributed by atoms with Crippen LogP contribution in [0.4, 0.5) is 0 Å². The minimum Gasteiger partial charge on any atom is -0.492 e. The first-order chi connectivity index (χ1) is 8.10. The van der Waals surface area contributed by atoms with E-state index in [1.807, 2.05) is 13.1 Å². The third-order valence-electron chi connectivity index (χ3n) is 2.67. The summed E-state index contributed by atoms with van der Waals surface area (Å²) in [5.74, 6) is 0.717. The predicted molar refractivity (Wildman–Crippen MR) is 68.1 cm³/mol. The highest BCUT2D eigenvalue weighted by Crippen LogP contribution is 2.26. The zero-order valence-electron chi connectivity index (χ0n) is 10.9. The number of hydrogen-bond acceptors (Lipinski definition) is 4. The standard InChI is InChI=1S/C13H22N2O2/c1-4-7-17-12-8-11(9-15-10-12)13(2,16)5-6-14-3/h8-10,14,16H,4-7H2,1-3H3. The van der Waals surface area contributed by atoms with Crippen molar-refractivity contribution in [1.29, 1.82) is 0 Å². The Hall–Kier alpha value is -1.13. The number of ether oxygens (including phenoxy) is 1. The average molecular weight is 238 g/mol. The third-order valence-corrected chi connectivity index (χ3v) is 2.67. The van der Waals surface area contributed by atoms with Gasteiger partial charge in [0.2, 0.25) is 0 Å². The van der Waals surface area contributed by atoms with E-state index in [1.165, 1.54) is 0 Å². The fraction of sp³-hybridized carbons (Fsp3) is 0.615. The second-order valence-electron chi connectivity index (χ2n) is 4.39. The second kappa shape index (κ2) is 6.57. The van der Waals surface area contributed by atoms with Crippen LogP contribution in [0.1, 0.15) is 32.3 Å². The molecular formula is C13H22N2O2. The molecule has 0 radical (unpaired) electrons. The van der Waals surface area contributed by atoms with Gasteiger partial charge >= 0.3 is 0 Å². The monoisotopic (exact) mass is 238 g/mol. The molecule has 4 nitrogen and oxygen atoms in total. The van der Waals surface area contributed by atoms with Gasteiger partial charge in [0.25, 0.3) is 0 Å². The maximum atomic E-state index is 10.3. The molecular weight excluding hydrogens is 216 g/mol. The average Bonchev–Trinajstić information content (AvgIpc) is 2.34. The van der Waals surface area contributed by atoms with Crippen LogP contribution < -0.4 is 10.1 Å². The summed E-state index contributed by atoms with van der Waals surface area (Å²) in [6.45, 7) is 5.28. The van der Waals surface area contributed by atoms with Gasteiger partial charge in [0.05, 0.1) is 18.4 Å². The number of aliphatic hydroxyl groups is 1. The summed E-state index contributed by atoms with van der Waals surface area (Å²) in [4.78, 5) is 4.11. The molecule has 1 aromatic rings. The van der Waals surface area contributed by atoms with Crippen LogP contribution in [0.25, 0.3) is 0 Å². The maximum Gasteiger partial charge on any atom is 0.137 e.